The summed E-state index contributed by atoms with van der Waals surface area (Å²) >= 11 is 0. The average Bonchev–Trinajstić information content (AvgIpc) is 3.76. The number of para-hydroxylation sites is 1. The molecule has 0 fully saturated rings. The summed E-state index contributed by atoms with van der Waals surface area (Å²) < 4.78 is 6.98. The molecule has 0 aromatic heterocycles. The molecule has 0 saturated carbocycles. The van der Waals surface area contributed by atoms with E-state index < -0.39 is 5.41 Å². The number of fused-ring (bicyclic) bond motifs is 15. The summed E-state index contributed by atoms with van der Waals surface area (Å²) in [6.45, 7) is 9.39. The topological polar surface area (TPSA) is 21.3 Å². The van der Waals surface area contributed by atoms with Crippen LogP contribution in [0.1, 0.15) is 72.2 Å². The maximum absolute atomic E-state index is 6.98. The molecule has 1 aliphatic heterocycles. The van der Waals surface area contributed by atoms with Crippen LogP contribution in [0.15, 0.2) is 170 Å². The number of benzene rings is 8. The lowest BCUT2D eigenvalue weighted by Crippen LogP contribution is -2.32. The third kappa shape index (κ3) is 4.20. The van der Waals surface area contributed by atoms with Crippen molar-refractivity contribution in [1.29, 1.82) is 0 Å². The van der Waals surface area contributed by atoms with Crippen molar-refractivity contribution in [1.82, 2.24) is 0 Å². The van der Waals surface area contributed by atoms with E-state index in [2.05, 4.69) is 203 Å². The van der Waals surface area contributed by atoms with E-state index in [9.17, 15) is 0 Å². The van der Waals surface area contributed by atoms with Crippen molar-refractivity contribution in [3.63, 3.8) is 0 Å². The van der Waals surface area contributed by atoms with Crippen molar-refractivity contribution in [2.45, 2.75) is 43.9 Å². The molecule has 1 unspecified atom stereocenters. The van der Waals surface area contributed by atoms with Gasteiger partial charge in [-0.2, -0.15) is 0 Å². The fourth-order valence-corrected chi connectivity index (χ4v) is 11.1. The van der Waals surface area contributed by atoms with Crippen molar-refractivity contribution in [3.05, 3.63) is 214 Å². The minimum Gasteiger partial charge on any atom is -0.457 e. The van der Waals surface area contributed by atoms with Gasteiger partial charge in [0.1, 0.15) is 11.5 Å². The zero-order chi connectivity index (χ0) is 38.3. The standard InChI is InChI=1S/C55H41NO/c1-53(2)42-18-8-5-14-36(42)39-27-24-33(30-47(39)53)34-25-29-46-51(31-34)57-50-23-12-11-21-45(50)55(46)44-20-10-7-16-38(44)41-17-13-22-49(52(41)55)56-35-26-28-40-37-15-6-9-19-43(37)54(3,4)48(40)32-35/h5-32,56H,1-4H3. The predicted molar refractivity (Wildman–Crippen MR) is 234 cm³/mol. The van der Waals surface area contributed by atoms with Gasteiger partial charge in [-0.25, -0.2) is 0 Å². The molecule has 12 rings (SSSR count). The molecule has 0 radical (unpaired) electrons. The normalized spacial score (nSPS) is 17.6. The van der Waals surface area contributed by atoms with Crippen LogP contribution in [0.5, 0.6) is 11.5 Å². The molecule has 4 aliphatic rings. The van der Waals surface area contributed by atoms with E-state index in [-0.39, 0.29) is 10.8 Å². The van der Waals surface area contributed by atoms with Gasteiger partial charge in [-0.15, -0.1) is 0 Å². The number of rotatable bonds is 3. The van der Waals surface area contributed by atoms with Crippen LogP contribution in [-0.4, -0.2) is 0 Å². The average molecular weight is 732 g/mol. The van der Waals surface area contributed by atoms with Crippen molar-refractivity contribution in [2.75, 3.05) is 5.32 Å². The third-order valence-electron chi connectivity index (χ3n) is 13.7. The summed E-state index contributed by atoms with van der Waals surface area (Å²) in [6, 6.07) is 63.0. The highest BCUT2D eigenvalue weighted by Gasteiger charge is 2.52. The van der Waals surface area contributed by atoms with Gasteiger partial charge in [0.25, 0.3) is 0 Å². The van der Waals surface area contributed by atoms with Gasteiger partial charge in [0, 0.05) is 38.9 Å². The summed E-state index contributed by atoms with van der Waals surface area (Å²) in [5.41, 5.74) is 22.0. The van der Waals surface area contributed by atoms with Gasteiger partial charge in [-0.3, -0.25) is 0 Å². The molecule has 1 atom stereocenters. The van der Waals surface area contributed by atoms with Crippen LogP contribution >= 0.6 is 0 Å². The molecule has 1 spiro atoms. The molecule has 8 aromatic rings. The Balaban J connectivity index is 1.04. The first kappa shape index (κ1) is 32.6. The van der Waals surface area contributed by atoms with Crippen molar-refractivity contribution in [3.8, 4) is 56.0 Å². The van der Waals surface area contributed by atoms with E-state index in [1.54, 1.807) is 0 Å². The van der Waals surface area contributed by atoms with E-state index >= 15 is 0 Å². The van der Waals surface area contributed by atoms with Gasteiger partial charge >= 0.3 is 0 Å². The van der Waals surface area contributed by atoms with Crippen LogP contribution in [0.4, 0.5) is 11.4 Å². The molecule has 1 N–H and O–H groups in total. The maximum atomic E-state index is 6.98. The zero-order valence-electron chi connectivity index (χ0n) is 32.6. The van der Waals surface area contributed by atoms with E-state index in [1.165, 1.54) is 72.3 Å². The van der Waals surface area contributed by atoms with Crippen LogP contribution in [0.25, 0.3) is 44.5 Å². The molecule has 272 valence electrons. The zero-order valence-corrected chi connectivity index (χ0v) is 32.6. The first-order valence-electron chi connectivity index (χ1n) is 20.2. The lowest BCUT2D eigenvalue weighted by atomic mass is 9.65. The van der Waals surface area contributed by atoms with E-state index in [1.807, 2.05) is 0 Å². The van der Waals surface area contributed by atoms with Gasteiger partial charge in [-0.1, -0.05) is 161 Å². The second-order valence-electron chi connectivity index (χ2n) is 17.3. The molecule has 57 heavy (non-hydrogen) atoms. The third-order valence-corrected chi connectivity index (χ3v) is 13.7. The number of hydrogen-bond donors (Lipinski definition) is 1. The van der Waals surface area contributed by atoms with Crippen molar-refractivity contribution in [2.24, 2.45) is 0 Å². The Labute approximate surface area is 334 Å². The summed E-state index contributed by atoms with van der Waals surface area (Å²) in [5.74, 6) is 1.78. The Hall–Kier alpha value is -6.64. The Morgan fingerprint density at radius 2 is 0.877 bits per heavy atom. The first-order valence-corrected chi connectivity index (χ1v) is 20.2. The molecule has 1 heterocycles. The Kier molecular flexibility index (Phi) is 6.42. The Bertz CT molecular complexity index is 3040. The lowest BCUT2D eigenvalue weighted by molar-refractivity contribution is 0.437. The quantitative estimate of drug-likeness (QED) is 0.195. The predicted octanol–water partition coefficient (Wildman–Crippen LogP) is 14.2. The lowest BCUT2D eigenvalue weighted by Gasteiger charge is -2.40. The minimum atomic E-state index is -0.605. The molecule has 0 amide bonds. The summed E-state index contributed by atoms with van der Waals surface area (Å²) in [5, 5.41) is 4.00. The summed E-state index contributed by atoms with van der Waals surface area (Å²) in [6.07, 6.45) is 0. The second kappa shape index (κ2) is 11.2. The largest absolute Gasteiger partial charge is 0.457 e. The molecule has 8 aromatic carbocycles. The van der Waals surface area contributed by atoms with Gasteiger partial charge in [0.2, 0.25) is 0 Å². The Morgan fingerprint density at radius 1 is 0.368 bits per heavy atom. The smallest absolute Gasteiger partial charge is 0.132 e. The molecule has 0 saturated heterocycles. The van der Waals surface area contributed by atoms with Crippen LogP contribution < -0.4 is 10.1 Å². The monoisotopic (exact) mass is 731 g/mol. The number of ether oxygens (including phenoxy) is 1. The summed E-state index contributed by atoms with van der Waals surface area (Å²) in [4.78, 5) is 0. The highest BCUT2D eigenvalue weighted by atomic mass is 16.5. The maximum Gasteiger partial charge on any atom is 0.132 e. The van der Waals surface area contributed by atoms with Gasteiger partial charge in [0.15, 0.2) is 0 Å². The molecular weight excluding hydrogens is 691 g/mol. The fourth-order valence-electron chi connectivity index (χ4n) is 11.1. The van der Waals surface area contributed by atoms with Crippen LogP contribution in [0.2, 0.25) is 0 Å². The minimum absolute atomic E-state index is 0.0745. The van der Waals surface area contributed by atoms with Crippen LogP contribution in [0.3, 0.4) is 0 Å². The van der Waals surface area contributed by atoms with Crippen molar-refractivity contribution >= 4 is 11.4 Å². The molecular formula is C55H41NO. The van der Waals surface area contributed by atoms with E-state index in [0.717, 1.165) is 39.6 Å². The van der Waals surface area contributed by atoms with E-state index in [4.69, 9.17) is 4.74 Å². The number of anilines is 2. The SMILES string of the molecule is CC1(C)c2ccccc2-c2ccc(Nc3cccc4c3C3(c5ccccc5Oc5cc(-c6ccc7c(c6)C(C)(C)c6ccccc6-7)ccc53)c3ccccc3-4)cc21. The second-order valence-corrected chi connectivity index (χ2v) is 17.3. The fraction of sp³-hybridized carbons (Fsp3) is 0.127. The highest BCUT2D eigenvalue weighted by molar-refractivity contribution is 5.94. The highest BCUT2D eigenvalue weighted by Crippen LogP contribution is 2.64. The summed E-state index contributed by atoms with van der Waals surface area (Å²) in [7, 11) is 0. The van der Waals surface area contributed by atoms with Gasteiger partial charge in [-0.05, 0) is 109 Å². The molecule has 2 heteroatoms. The number of hydrogen-bond acceptors (Lipinski definition) is 2. The molecule has 2 nitrogen and oxygen atoms in total. The first-order chi connectivity index (χ1) is 27.8. The van der Waals surface area contributed by atoms with Crippen molar-refractivity contribution < 1.29 is 4.74 Å². The van der Waals surface area contributed by atoms with E-state index in [0.29, 0.717) is 0 Å². The van der Waals surface area contributed by atoms with Crippen LogP contribution in [0, 0.1) is 0 Å². The Morgan fingerprint density at radius 3 is 1.60 bits per heavy atom. The van der Waals surface area contributed by atoms with Gasteiger partial charge in [0.05, 0.1) is 5.41 Å². The molecule has 3 aliphatic carbocycles. The number of nitrogens with one attached hydrogen (secondary N) is 1. The van der Waals surface area contributed by atoms with Crippen LogP contribution in [-0.2, 0) is 16.2 Å². The van der Waals surface area contributed by atoms with Gasteiger partial charge < -0.3 is 10.1 Å². The molecule has 0 bridgehead atoms.